The molecule has 2 nitrogen and oxygen atoms in total. The minimum Gasteiger partial charge on any atom is -0.303 e. The molecule has 0 amide bonds. The summed E-state index contributed by atoms with van der Waals surface area (Å²) in [6, 6.07) is 5.67. The number of aromatic nitrogens is 1. The molecule has 0 aliphatic carbocycles. The maximum absolute atomic E-state index is 10.1. The van der Waals surface area contributed by atoms with Crippen molar-refractivity contribution in [3.63, 3.8) is 0 Å². The average Bonchev–Trinajstić information content (AvgIpc) is 2.06. The lowest BCUT2D eigenvalue weighted by Gasteiger charge is -1.96. The van der Waals surface area contributed by atoms with Gasteiger partial charge in [-0.1, -0.05) is 22.0 Å². The van der Waals surface area contributed by atoms with Gasteiger partial charge in [0.05, 0.1) is 5.69 Å². The Kier molecular flexibility index (Phi) is 3.23. The fraction of sp³-hybridized carbons (Fsp3) is 0.250. The lowest BCUT2D eigenvalue weighted by molar-refractivity contribution is -0.107. The van der Waals surface area contributed by atoms with Crippen LogP contribution in [0.2, 0.25) is 0 Å². The summed E-state index contributed by atoms with van der Waals surface area (Å²) in [7, 11) is 0. The number of nitrogens with zero attached hydrogens (tertiary/aromatic N) is 1. The molecule has 11 heavy (non-hydrogen) atoms. The van der Waals surface area contributed by atoms with Crippen molar-refractivity contribution in [3.05, 3.63) is 29.6 Å². The number of carbonyl (C=O) groups is 1. The van der Waals surface area contributed by atoms with Crippen molar-refractivity contribution in [1.82, 2.24) is 4.98 Å². The number of rotatable bonds is 3. The van der Waals surface area contributed by atoms with E-state index in [1.54, 1.807) is 0 Å². The predicted molar refractivity (Wildman–Crippen MR) is 46.6 cm³/mol. The Morgan fingerprint density at radius 2 is 2.18 bits per heavy atom. The van der Waals surface area contributed by atoms with Gasteiger partial charge < -0.3 is 4.79 Å². The average molecular weight is 214 g/mol. The Morgan fingerprint density at radius 3 is 2.82 bits per heavy atom. The fourth-order valence-corrected chi connectivity index (χ4v) is 1.12. The van der Waals surface area contributed by atoms with Crippen LogP contribution in [0.3, 0.4) is 0 Å². The van der Waals surface area contributed by atoms with E-state index in [0.717, 1.165) is 23.0 Å². The van der Waals surface area contributed by atoms with Gasteiger partial charge in [-0.25, -0.2) is 0 Å². The van der Waals surface area contributed by atoms with E-state index in [9.17, 15) is 4.79 Å². The van der Waals surface area contributed by atoms with Crippen LogP contribution in [0.4, 0.5) is 0 Å². The molecule has 1 rings (SSSR count). The van der Waals surface area contributed by atoms with Crippen LogP contribution < -0.4 is 0 Å². The summed E-state index contributed by atoms with van der Waals surface area (Å²) in [5.41, 5.74) is 1.79. The first-order valence-electron chi connectivity index (χ1n) is 3.31. The number of pyridine rings is 1. The molecule has 0 aliphatic heterocycles. The molecule has 0 N–H and O–H groups in total. The van der Waals surface area contributed by atoms with Crippen molar-refractivity contribution < 1.29 is 4.79 Å². The zero-order valence-electron chi connectivity index (χ0n) is 5.96. The highest BCUT2D eigenvalue weighted by Gasteiger charge is 1.94. The molecule has 0 radical (unpaired) electrons. The minimum absolute atomic E-state index is 0.404. The molecule has 58 valence electrons. The molecular weight excluding hydrogens is 206 g/mol. The molecule has 0 fully saturated rings. The highest BCUT2D eigenvalue weighted by molar-refractivity contribution is 9.08. The monoisotopic (exact) mass is 213 g/mol. The number of halogens is 1. The van der Waals surface area contributed by atoms with Gasteiger partial charge in [0, 0.05) is 17.4 Å². The molecule has 0 aliphatic rings. The molecule has 1 aromatic heterocycles. The standard InChI is InChI=1S/C8H8BrNO/c9-6-8-3-1-2-7(10-8)4-5-11/h1-3,5H,4,6H2. The normalized spacial score (nSPS) is 9.55. The smallest absolute Gasteiger partial charge is 0.125 e. The SMILES string of the molecule is O=CCc1cccc(CBr)n1. The van der Waals surface area contributed by atoms with E-state index in [0.29, 0.717) is 6.42 Å². The molecular formula is C8H8BrNO. The molecule has 0 unspecified atom stereocenters. The van der Waals surface area contributed by atoms with E-state index in [1.807, 2.05) is 18.2 Å². The molecule has 0 saturated carbocycles. The maximum Gasteiger partial charge on any atom is 0.125 e. The van der Waals surface area contributed by atoms with Gasteiger partial charge in [-0.3, -0.25) is 4.98 Å². The summed E-state index contributed by atoms with van der Waals surface area (Å²) in [5.74, 6) is 0. The maximum atomic E-state index is 10.1. The van der Waals surface area contributed by atoms with Gasteiger partial charge in [0.25, 0.3) is 0 Å². The number of hydrogen-bond donors (Lipinski definition) is 0. The van der Waals surface area contributed by atoms with Crippen LogP contribution in [-0.2, 0) is 16.5 Å². The van der Waals surface area contributed by atoms with Crippen molar-refractivity contribution in [2.45, 2.75) is 11.8 Å². The second-order valence-corrected chi connectivity index (χ2v) is 2.69. The lowest BCUT2D eigenvalue weighted by Crippen LogP contribution is -1.93. The number of hydrogen-bond acceptors (Lipinski definition) is 2. The zero-order valence-corrected chi connectivity index (χ0v) is 7.54. The summed E-state index contributed by atoms with van der Waals surface area (Å²) >= 11 is 3.29. The van der Waals surface area contributed by atoms with Crippen LogP contribution in [0.25, 0.3) is 0 Å². The third-order valence-corrected chi connectivity index (χ3v) is 1.87. The molecule has 0 spiro atoms. The highest BCUT2D eigenvalue weighted by Crippen LogP contribution is 2.03. The number of carbonyl (C=O) groups excluding carboxylic acids is 1. The molecule has 0 bridgehead atoms. The molecule has 1 aromatic rings. The number of alkyl halides is 1. The van der Waals surface area contributed by atoms with E-state index in [2.05, 4.69) is 20.9 Å². The fourth-order valence-electron chi connectivity index (χ4n) is 0.803. The van der Waals surface area contributed by atoms with Gasteiger partial charge in [0.1, 0.15) is 6.29 Å². The molecule has 1 heterocycles. The van der Waals surface area contributed by atoms with Crippen LogP contribution in [0.1, 0.15) is 11.4 Å². The van der Waals surface area contributed by atoms with E-state index in [4.69, 9.17) is 0 Å². The van der Waals surface area contributed by atoms with Crippen molar-refractivity contribution in [3.8, 4) is 0 Å². The Hall–Kier alpha value is -0.700. The second-order valence-electron chi connectivity index (χ2n) is 2.12. The van der Waals surface area contributed by atoms with Crippen molar-refractivity contribution in [2.24, 2.45) is 0 Å². The van der Waals surface area contributed by atoms with Gasteiger partial charge in [-0.2, -0.15) is 0 Å². The predicted octanol–water partition coefficient (Wildman–Crippen LogP) is 1.72. The van der Waals surface area contributed by atoms with Crippen molar-refractivity contribution in [2.75, 3.05) is 0 Å². The molecule has 0 saturated heterocycles. The molecule has 0 aromatic carbocycles. The van der Waals surface area contributed by atoms with Crippen LogP contribution in [0, 0.1) is 0 Å². The number of aldehydes is 1. The van der Waals surface area contributed by atoms with E-state index < -0.39 is 0 Å². The van der Waals surface area contributed by atoms with Crippen LogP contribution in [0.5, 0.6) is 0 Å². The minimum atomic E-state index is 0.404. The molecule has 0 atom stereocenters. The zero-order chi connectivity index (χ0) is 8.10. The first kappa shape index (κ1) is 8.40. The quantitative estimate of drug-likeness (QED) is 0.566. The second kappa shape index (κ2) is 4.23. The van der Waals surface area contributed by atoms with Gasteiger partial charge in [-0.05, 0) is 12.1 Å². The van der Waals surface area contributed by atoms with Crippen LogP contribution in [0.15, 0.2) is 18.2 Å². The van der Waals surface area contributed by atoms with Gasteiger partial charge >= 0.3 is 0 Å². The van der Waals surface area contributed by atoms with E-state index in [1.165, 1.54) is 0 Å². The van der Waals surface area contributed by atoms with Crippen molar-refractivity contribution >= 4 is 22.2 Å². The molecule has 3 heteroatoms. The Labute approximate surface area is 73.8 Å². The van der Waals surface area contributed by atoms with Crippen LogP contribution in [-0.4, -0.2) is 11.3 Å². The summed E-state index contributed by atoms with van der Waals surface area (Å²) < 4.78 is 0. The summed E-state index contributed by atoms with van der Waals surface area (Å²) in [6.45, 7) is 0. The Balaban J connectivity index is 2.82. The first-order chi connectivity index (χ1) is 5.36. The Morgan fingerprint density at radius 1 is 1.45 bits per heavy atom. The van der Waals surface area contributed by atoms with Gasteiger partial charge in [-0.15, -0.1) is 0 Å². The Bertz CT molecular complexity index is 250. The van der Waals surface area contributed by atoms with Gasteiger partial charge in [0.2, 0.25) is 0 Å². The summed E-state index contributed by atoms with van der Waals surface area (Å²) in [6.07, 6.45) is 1.27. The third kappa shape index (κ3) is 2.42. The van der Waals surface area contributed by atoms with Crippen LogP contribution >= 0.6 is 15.9 Å². The largest absolute Gasteiger partial charge is 0.303 e. The summed E-state index contributed by atoms with van der Waals surface area (Å²) in [4.78, 5) is 14.3. The van der Waals surface area contributed by atoms with Crippen molar-refractivity contribution in [1.29, 1.82) is 0 Å². The topological polar surface area (TPSA) is 30.0 Å². The lowest BCUT2D eigenvalue weighted by atomic mass is 10.2. The first-order valence-corrected chi connectivity index (χ1v) is 4.43. The van der Waals surface area contributed by atoms with E-state index in [-0.39, 0.29) is 0 Å². The summed E-state index contributed by atoms with van der Waals surface area (Å²) in [5, 5.41) is 0.736. The highest BCUT2D eigenvalue weighted by atomic mass is 79.9. The van der Waals surface area contributed by atoms with E-state index >= 15 is 0 Å². The van der Waals surface area contributed by atoms with Gasteiger partial charge in [0.15, 0.2) is 0 Å². The third-order valence-electron chi connectivity index (χ3n) is 1.29.